The Morgan fingerprint density at radius 2 is 1.89 bits per heavy atom. The fourth-order valence-electron chi connectivity index (χ4n) is 3.37. The van der Waals surface area contributed by atoms with Gasteiger partial charge < -0.3 is 9.73 Å². The van der Waals surface area contributed by atoms with Crippen molar-refractivity contribution in [2.75, 3.05) is 32.7 Å². The number of nitrogens with zero attached hydrogens (tertiary/aromatic N) is 4. The summed E-state index contributed by atoms with van der Waals surface area (Å²) in [6.07, 6.45) is 2.25. The number of aryl methyl sites for hydroxylation is 2. The molecule has 1 saturated heterocycles. The lowest BCUT2D eigenvalue weighted by Gasteiger charge is -2.33. The van der Waals surface area contributed by atoms with Crippen molar-refractivity contribution in [2.24, 2.45) is 0 Å². The third-order valence-electron chi connectivity index (χ3n) is 5.47. The SMILES string of the molecule is Cc1ccc(-c2nn(CN3CCN(CC(=O)NC4CC4)CC3)c(=S)o2)cc1C. The number of amides is 1. The molecule has 7 nitrogen and oxygen atoms in total. The Hall–Kier alpha value is -2.03. The second-order valence-corrected chi connectivity index (χ2v) is 8.20. The molecule has 0 radical (unpaired) electrons. The summed E-state index contributed by atoms with van der Waals surface area (Å²) in [7, 11) is 0. The van der Waals surface area contributed by atoms with Crippen LogP contribution in [0.25, 0.3) is 11.5 Å². The van der Waals surface area contributed by atoms with Crippen LogP contribution in [0.5, 0.6) is 0 Å². The Kier molecular flexibility index (Phi) is 5.61. The maximum absolute atomic E-state index is 12.0. The number of hydrogen-bond acceptors (Lipinski definition) is 6. The lowest BCUT2D eigenvalue weighted by molar-refractivity contribution is -0.122. The Labute approximate surface area is 170 Å². The van der Waals surface area contributed by atoms with Crippen LogP contribution >= 0.6 is 12.2 Å². The highest BCUT2D eigenvalue weighted by Gasteiger charge is 2.25. The molecule has 1 saturated carbocycles. The number of carbonyl (C=O) groups is 1. The molecule has 4 rings (SSSR count). The van der Waals surface area contributed by atoms with Crippen LogP contribution in [-0.2, 0) is 11.5 Å². The quantitative estimate of drug-likeness (QED) is 0.750. The highest BCUT2D eigenvalue weighted by Crippen LogP contribution is 2.21. The minimum atomic E-state index is 0.146. The highest BCUT2D eigenvalue weighted by atomic mass is 32.1. The van der Waals surface area contributed by atoms with E-state index in [-0.39, 0.29) is 5.91 Å². The summed E-state index contributed by atoms with van der Waals surface area (Å²) in [5.41, 5.74) is 3.39. The fourth-order valence-corrected chi connectivity index (χ4v) is 3.55. The van der Waals surface area contributed by atoms with Crippen LogP contribution in [0.3, 0.4) is 0 Å². The largest absolute Gasteiger partial charge is 0.409 e. The van der Waals surface area contributed by atoms with Crippen LogP contribution in [0.2, 0.25) is 0 Å². The molecule has 8 heteroatoms. The lowest BCUT2D eigenvalue weighted by Crippen LogP contribution is -2.49. The van der Waals surface area contributed by atoms with E-state index in [0.717, 1.165) is 44.6 Å². The molecule has 0 atom stereocenters. The van der Waals surface area contributed by atoms with Crippen molar-refractivity contribution in [2.45, 2.75) is 39.4 Å². The summed E-state index contributed by atoms with van der Waals surface area (Å²) in [6.45, 7) is 8.76. The first kappa shape index (κ1) is 19.3. The highest BCUT2D eigenvalue weighted by molar-refractivity contribution is 7.71. The first-order valence-corrected chi connectivity index (χ1v) is 10.3. The van der Waals surface area contributed by atoms with E-state index in [4.69, 9.17) is 16.6 Å². The Balaban J connectivity index is 1.32. The number of nitrogens with one attached hydrogen (secondary N) is 1. The lowest BCUT2D eigenvalue weighted by atomic mass is 10.1. The average molecular weight is 402 g/mol. The zero-order valence-electron chi connectivity index (χ0n) is 16.5. The van der Waals surface area contributed by atoms with Crippen molar-refractivity contribution >= 4 is 18.1 Å². The van der Waals surface area contributed by atoms with Gasteiger partial charge in [-0.1, -0.05) is 6.07 Å². The zero-order chi connectivity index (χ0) is 19.7. The van der Waals surface area contributed by atoms with Crippen LogP contribution in [0.15, 0.2) is 22.6 Å². The molecule has 0 spiro atoms. The fraction of sp³-hybridized carbons (Fsp3) is 0.550. The first-order chi connectivity index (χ1) is 13.5. The summed E-state index contributed by atoms with van der Waals surface area (Å²) in [6, 6.07) is 6.58. The number of carbonyl (C=O) groups excluding carboxylic acids is 1. The van der Waals surface area contributed by atoms with Gasteiger partial charge in [0.1, 0.15) is 0 Å². The van der Waals surface area contributed by atoms with E-state index in [0.29, 0.717) is 30.0 Å². The smallest absolute Gasteiger partial charge is 0.288 e. The van der Waals surface area contributed by atoms with Gasteiger partial charge in [-0.05, 0) is 62.2 Å². The number of piperazine rings is 1. The van der Waals surface area contributed by atoms with Gasteiger partial charge in [-0.3, -0.25) is 14.6 Å². The molecule has 2 heterocycles. The van der Waals surface area contributed by atoms with Crippen molar-refractivity contribution in [1.29, 1.82) is 0 Å². The molecular formula is C20H27N5O2S. The minimum absolute atomic E-state index is 0.146. The molecule has 28 heavy (non-hydrogen) atoms. The van der Waals surface area contributed by atoms with Crippen LogP contribution in [0.1, 0.15) is 24.0 Å². The Morgan fingerprint density at radius 3 is 2.57 bits per heavy atom. The molecule has 2 aromatic rings. The van der Waals surface area contributed by atoms with Crippen LogP contribution in [0.4, 0.5) is 0 Å². The number of benzene rings is 1. The van der Waals surface area contributed by atoms with Crippen molar-refractivity contribution in [1.82, 2.24) is 24.9 Å². The number of aromatic nitrogens is 2. The van der Waals surface area contributed by atoms with E-state index in [1.807, 2.05) is 6.07 Å². The molecule has 150 valence electrons. The summed E-state index contributed by atoms with van der Waals surface area (Å²) >= 11 is 5.37. The molecule has 1 N–H and O–H groups in total. The molecule has 2 aliphatic rings. The Bertz CT molecular complexity index is 910. The number of hydrogen-bond donors (Lipinski definition) is 1. The summed E-state index contributed by atoms with van der Waals surface area (Å²) in [5.74, 6) is 0.705. The van der Waals surface area contributed by atoms with Gasteiger partial charge in [0.15, 0.2) is 0 Å². The van der Waals surface area contributed by atoms with Gasteiger partial charge in [-0.2, -0.15) is 0 Å². The van der Waals surface area contributed by atoms with Crippen LogP contribution < -0.4 is 5.32 Å². The van der Waals surface area contributed by atoms with E-state index in [9.17, 15) is 4.79 Å². The van der Waals surface area contributed by atoms with Crippen molar-refractivity contribution in [3.05, 3.63) is 34.2 Å². The molecule has 2 fully saturated rings. The van der Waals surface area contributed by atoms with Gasteiger partial charge in [0.2, 0.25) is 11.8 Å². The molecular weight excluding hydrogens is 374 g/mol. The second-order valence-electron chi connectivity index (χ2n) is 7.85. The minimum Gasteiger partial charge on any atom is -0.409 e. The number of rotatable bonds is 6. The molecule has 1 aliphatic carbocycles. The molecule has 1 aliphatic heterocycles. The molecule has 1 amide bonds. The van der Waals surface area contributed by atoms with E-state index < -0.39 is 0 Å². The van der Waals surface area contributed by atoms with Crippen LogP contribution in [-0.4, -0.2) is 64.3 Å². The van der Waals surface area contributed by atoms with Gasteiger partial charge in [0.25, 0.3) is 4.84 Å². The van der Waals surface area contributed by atoms with Gasteiger partial charge in [-0.15, -0.1) is 5.10 Å². The third kappa shape index (κ3) is 4.68. The van der Waals surface area contributed by atoms with Crippen molar-refractivity contribution in [3.63, 3.8) is 0 Å². The first-order valence-electron chi connectivity index (χ1n) is 9.87. The molecule has 1 aromatic heterocycles. The molecule has 1 aromatic carbocycles. The molecule has 0 unspecified atom stereocenters. The van der Waals surface area contributed by atoms with Gasteiger partial charge in [0.05, 0.1) is 13.2 Å². The van der Waals surface area contributed by atoms with Gasteiger partial charge >= 0.3 is 0 Å². The van der Waals surface area contributed by atoms with E-state index >= 15 is 0 Å². The summed E-state index contributed by atoms with van der Waals surface area (Å²) < 4.78 is 7.48. The molecule has 0 bridgehead atoms. The second kappa shape index (κ2) is 8.14. The zero-order valence-corrected chi connectivity index (χ0v) is 17.3. The Morgan fingerprint density at radius 1 is 1.18 bits per heavy atom. The van der Waals surface area contributed by atoms with E-state index in [2.05, 4.69) is 46.2 Å². The maximum Gasteiger partial charge on any atom is 0.288 e. The van der Waals surface area contributed by atoms with Gasteiger partial charge in [0, 0.05) is 37.8 Å². The topological polar surface area (TPSA) is 66.5 Å². The predicted molar refractivity (Wildman–Crippen MR) is 109 cm³/mol. The summed E-state index contributed by atoms with van der Waals surface area (Å²) in [5, 5.41) is 7.63. The third-order valence-corrected chi connectivity index (χ3v) is 5.76. The maximum atomic E-state index is 12.0. The van der Waals surface area contributed by atoms with Gasteiger partial charge in [-0.25, -0.2) is 4.68 Å². The summed E-state index contributed by atoms with van der Waals surface area (Å²) in [4.78, 5) is 16.8. The average Bonchev–Trinajstić information content (AvgIpc) is 3.40. The monoisotopic (exact) mass is 401 g/mol. The van der Waals surface area contributed by atoms with E-state index in [1.165, 1.54) is 11.1 Å². The standard InChI is InChI=1S/C20H27N5O2S/c1-14-3-4-16(11-15(14)2)19-22-25(20(28)27-19)13-24-9-7-23(8-10-24)12-18(26)21-17-5-6-17/h3-4,11,17H,5-10,12-13H2,1-2H3,(H,21,26). The van der Waals surface area contributed by atoms with Crippen LogP contribution in [0, 0.1) is 18.7 Å². The van der Waals surface area contributed by atoms with Crippen molar-refractivity contribution in [3.8, 4) is 11.5 Å². The predicted octanol–water partition coefficient (Wildman–Crippen LogP) is 2.34. The normalized spacial score (nSPS) is 18.4. The van der Waals surface area contributed by atoms with Crippen molar-refractivity contribution < 1.29 is 9.21 Å². The van der Waals surface area contributed by atoms with E-state index in [1.54, 1.807) is 4.68 Å².